The van der Waals surface area contributed by atoms with Crippen molar-refractivity contribution in [3.05, 3.63) is 35.1 Å². The van der Waals surface area contributed by atoms with Crippen LogP contribution in [0.2, 0.25) is 0 Å². The summed E-state index contributed by atoms with van der Waals surface area (Å²) in [6.45, 7) is 6.43. The van der Waals surface area contributed by atoms with Crippen molar-refractivity contribution in [2.24, 2.45) is 11.8 Å². The Hall–Kier alpha value is -2.55. The highest BCUT2D eigenvalue weighted by Gasteiger charge is 2.42. The monoisotopic (exact) mass is 509 g/mol. The van der Waals surface area contributed by atoms with Gasteiger partial charge in [-0.15, -0.1) is 0 Å². The highest BCUT2D eigenvalue weighted by Crippen LogP contribution is 2.27. The van der Waals surface area contributed by atoms with Crippen LogP contribution < -0.4 is 5.32 Å². The first-order valence-corrected chi connectivity index (χ1v) is 13.5. The molecule has 0 bridgehead atoms. The molecule has 1 aromatic rings. The van der Waals surface area contributed by atoms with Gasteiger partial charge in [0, 0.05) is 40.7 Å². The molecule has 3 fully saturated rings. The number of nitrogens with zero attached hydrogens (tertiary/aromatic N) is 4. The van der Waals surface area contributed by atoms with Gasteiger partial charge in [-0.1, -0.05) is 12.1 Å². The third-order valence-electron chi connectivity index (χ3n) is 6.85. The molecule has 194 valence electrons. The summed E-state index contributed by atoms with van der Waals surface area (Å²) < 4.78 is 40.9. The topological polar surface area (TPSA) is 114 Å². The number of nitrogens with one attached hydrogen (secondary N) is 1. The number of rotatable bonds is 6. The number of nitriles is 1. The fourth-order valence-electron chi connectivity index (χ4n) is 4.50. The molecule has 1 unspecified atom stereocenters. The van der Waals surface area contributed by atoms with Crippen molar-refractivity contribution in [1.29, 1.82) is 5.26 Å². The van der Waals surface area contributed by atoms with E-state index in [1.54, 1.807) is 26.0 Å². The smallest absolute Gasteiger partial charge is 0.282 e. The van der Waals surface area contributed by atoms with Gasteiger partial charge in [0.1, 0.15) is 5.82 Å². The molecule has 3 saturated heterocycles. The number of amides is 2. The van der Waals surface area contributed by atoms with Crippen LogP contribution in [0.1, 0.15) is 51.2 Å². The third kappa shape index (κ3) is 6.57. The van der Waals surface area contributed by atoms with E-state index in [9.17, 15) is 22.4 Å². The fraction of sp³-hybridized carbons (Fsp3) is 0.625. The molecule has 1 N–H and O–H groups in total. The molecule has 3 aliphatic heterocycles. The average molecular weight is 510 g/mol. The van der Waals surface area contributed by atoms with Gasteiger partial charge in [0.15, 0.2) is 0 Å². The lowest BCUT2D eigenvalue weighted by Crippen LogP contribution is -2.57. The van der Waals surface area contributed by atoms with Crippen LogP contribution in [0.3, 0.4) is 0 Å². The van der Waals surface area contributed by atoms with Gasteiger partial charge in [0.25, 0.3) is 10.2 Å². The van der Waals surface area contributed by atoms with Crippen LogP contribution in [-0.2, 0) is 19.8 Å². The van der Waals surface area contributed by atoms with Crippen molar-refractivity contribution >= 4 is 22.5 Å². The van der Waals surface area contributed by atoms with Crippen LogP contribution in [0.5, 0.6) is 0 Å². The molecule has 0 spiro atoms. The molecule has 0 aliphatic carbocycles. The summed E-state index contributed by atoms with van der Waals surface area (Å²) in [5, 5.41) is 11.3. The number of carbonyl (C=O) groups excluding carboxylic acids is 2. The van der Waals surface area contributed by atoms with E-state index in [1.165, 1.54) is 14.7 Å². The minimum Gasteiger partial charge on any atom is -0.352 e. The second kappa shape index (κ2) is 11.9. The minimum atomic E-state index is -3.51. The van der Waals surface area contributed by atoms with Crippen LogP contribution in [0.4, 0.5) is 4.39 Å². The molecule has 2 atom stereocenters. The molecule has 0 aromatic heterocycles. The lowest BCUT2D eigenvalue weighted by atomic mass is 9.98. The van der Waals surface area contributed by atoms with Gasteiger partial charge >= 0.3 is 0 Å². The van der Waals surface area contributed by atoms with E-state index in [0.29, 0.717) is 18.5 Å². The fourth-order valence-corrected chi connectivity index (χ4v) is 6.29. The van der Waals surface area contributed by atoms with Gasteiger partial charge in [0.05, 0.1) is 23.9 Å². The lowest BCUT2D eigenvalue weighted by molar-refractivity contribution is -0.135. The van der Waals surface area contributed by atoms with E-state index in [-0.39, 0.29) is 50.7 Å². The Kier molecular flexibility index (Phi) is 9.21. The standard InChI is InChI=1S/C14H22N4O3S.C10H12FNO.H2/c15-8-12-9-18(10-12)22(20,21)17-7-3-4-13(11-17)14(19)16-5-1-2-6-16;1-7-3-4-9(5-10(7)11)8(2)12-6-13;/h12-13H,1-7,9-11H2;3-6,8H,1-2H3,(H,12,13);1H/t13-;;/m0../s1. The van der Waals surface area contributed by atoms with E-state index < -0.39 is 10.2 Å². The predicted molar refractivity (Wildman–Crippen MR) is 131 cm³/mol. The Morgan fingerprint density at radius 3 is 2.49 bits per heavy atom. The molecule has 0 saturated carbocycles. The summed E-state index contributed by atoms with van der Waals surface area (Å²) in [7, 11) is -3.51. The number of carbonyl (C=O) groups is 2. The quantitative estimate of drug-likeness (QED) is 0.591. The van der Waals surface area contributed by atoms with Crippen LogP contribution >= 0.6 is 0 Å². The molecule has 35 heavy (non-hydrogen) atoms. The Bertz CT molecular complexity index is 1060. The van der Waals surface area contributed by atoms with Crippen LogP contribution in [-0.4, -0.2) is 73.5 Å². The van der Waals surface area contributed by atoms with Crippen molar-refractivity contribution in [1.82, 2.24) is 18.8 Å². The molecule has 2 amide bonds. The summed E-state index contributed by atoms with van der Waals surface area (Å²) in [5.74, 6) is -0.538. The third-order valence-corrected chi connectivity index (χ3v) is 8.78. The van der Waals surface area contributed by atoms with E-state index >= 15 is 0 Å². The summed E-state index contributed by atoms with van der Waals surface area (Å²) in [6, 6.07) is 6.89. The second-order valence-electron chi connectivity index (χ2n) is 9.40. The SMILES string of the molecule is Cc1ccc(C(C)NC=O)cc1F.N#CC1CN(S(=O)(=O)N2CCC[C@H](C(=O)N3CCCC3)C2)C1.[HH]. The van der Waals surface area contributed by atoms with Crippen molar-refractivity contribution in [3.8, 4) is 6.07 Å². The second-order valence-corrected chi connectivity index (χ2v) is 11.3. The normalized spacial score (nSPS) is 22.3. The Morgan fingerprint density at radius 2 is 1.89 bits per heavy atom. The largest absolute Gasteiger partial charge is 0.352 e. The zero-order chi connectivity index (χ0) is 25.6. The van der Waals surface area contributed by atoms with Crippen molar-refractivity contribution in [2.45, 2.75) is 45.6 Å². The molecular weight excluding hydrogens is 473 g/mol. The number of likely N-dealkylation sites (tertiary alicyclic amines) is 1. The number of aryl methyl sites for hydroxylation is 1. The molecule has 3 aliphatic rings. The first kappa shape index (κ1) is 27.0. The molecule has 9 nitrogen and oxygen atoms in total. The molecule has 4 rings (SSSR count). The summed E-state index contributed by atoms with van der Waals surface area (Å²) in [4.78, 5) is 24.5. The first-order valence-electron chi connectivity index (χ1n) is 12.1. The summed E-state index contributed by atoms with van der Waals surface area (Å²) in [6.07, 6.45) is 4.19. The molecular formula is C24H36FN5O4S. The van der Waals surface area contributed by atoms with Crippen LogP contribution in [0.25, 0.3) is 0 Å². The van der Waals surface area contributed by atoms with E-state index in [0.717, 1.165) is 44.3 Å². The zero-order valence-electron chi connectivity index (χ0n) is 20.3. The number of piperidine rings is 1. The Morgan fingerprint density at radius 1 is 1.20 bits per heavy atom. The number of hydrogen-bond donors (Lipinski definition) is 1. The first-order chi connectivity index (χ1) is 16.7. The van der Waals surface area contributed by atoms with Gasteiger partial charge in [0.2, 0.25) is 12.3 Å². The average Bonchev–Trinajstić information content (AvgIpc) is 3.35. The molecule has 11 heteroatoms. The van der Waals surface area contributed by atoms with E-state index in [2.05, 4.69) is 11.4 Å². The van der Waals surface area contributed by atoms with Gasteiger partial charge in [-0.25, -0.2) is 4.39 Å². The van der Waals surface area contributed by atoms with Crippen molar-refractivity contribution in [3.63, 3.8) is 0 Å². The maximum absolute atomic E-state index is 13.1. The minimum absolute atomic E-state index is 0. The predicted octanol–water partition coefficient (Wildman–Crippen LogP) is 2.21. The zero-order valence-corrected chi connectivity index (χ0v) is 21.1. The number of benzene rings is 1. The highest BCUT2D eigenvalue weighted by atomic mass is 32.2. The lowest BCUT2D eigenvalue weighted by Gasteiger charge is -2.40. The maximum Gasteiger partial charge on any atom is 0.282 e. The molecule has 1 aromatic carbocycles. The van der Waals surface area contributed by atoms with E-state index in [4.69, 9.17) is 5.26 Å². The van der Waals surface area contributed by atoms with Gasteiger partial charge in [-0.3, -0.25) is 9.59 Å². The summed E-state index contributed by atoms with van der Waals surface area (Å²) >= 11 is 0. The Labute approximate surface area is 208 Å². The Balaban J connectivity index is 0.000000281. The van der Waals surface area contributed by atoms with Gasteiger partial charge in [-0.2, -0.15) is 22.3 Å². The highest BCUT2D eigenvalue weighted by molar-refractivity contribution is 7.86. The molecule has 0 radical (unpaired) electrons. The maximum atomic E-state index is 13.1. The van der Waals surface area contributed by atoms with Crippen molar-refractivity contribution < 1.29 is 23.8 Å². The van der Waals surface area contributed by atoms with Gasteiger partial charge in [-0.05, 0) is 56.7 Å². The molecule has 3 heterocycles. The number of hydrogen-bond acceptors (Lipinski definition) is 5. The van der Waals surface area contributed by atoms with Crippen molar-refractivity contribution in [2.75, 3.05) is 39.3 Å². The van der Waals surface area contributed by atoms with Crippen LogP contribution in [0.15, 0.2) is 18.2 Å². The van der Waals surface area contributed by atoms with Gasteiger partial charge < -0.3 is 10.2 Å². The number of halogens is 1. The summed E-state index contributed by atoms with van der Waals surface area (Å²) in [5.41, 5.74) is 1.39. The van der Waals surface area contributed by atoms with E-state index in [1.807, 2.05) is 4.90 Å². The van der Waals surface area contributed by atoms with Crippen LogP contribution in [0, 0.1) is 35.9 Å².